The quantitative estimate of drug-likeness (QED) is 0.864. The molecule has 21 heavy (non-hydrogen) atoms. The van der Waals surface area contributed by atoms with Crippen LogP contribution in [0.2, 0.25) is 5.15 Å². The van der Waals surface area contributed by atoms with Gasteiger partial charge in [0, 0.05) is 31.8 Å². The van der Waals surface area contributed by atoms with Crippen LogP contribution in [0.5, 0.6) is 0 Å². The second kappa shape index (κ2) is 7.09. The first-order valence-electron chi connectivity index (χ1n) is 7.33. The molecule has 0 unspecified atom stereocenters. The molecular formula is C15H23ClN4O. The minimum Gasteiger partial charge on any atom is -0.339 e. The Hall–Kier alpha value is -1.33. The lowest BCUT2D eigenvalue weighted by Crippen LogP contribution is -2.39. The Labute approximate surface area is 130 Å². The summed E-state index contributed by atoms with van der Waals surface area (Å²) in [6.45, 7) is 4.58. The Morgan fingerprint density at radius 1 is 1.48 bits per heavy atom. The van der Waals surface area contributed by atoms with Gasteiger partial charge in [-0.2, -0.15) is 5.10 Å². The molecule has 1 amide bonds. The van der Waals surface area contributed by atoms with E-state index in [1.807, 2.05) is 18.9 Å². The fraction of sp³-hybridized carbons (Fsp3) is 0.600. The normalized spacial score (nSPS) is 16.9. The van der Waals surface area contributed by atoms with E-state index in [1.54, 1.807) is 23.9 Å². The van der Waals surface area contributed by atoms with E-state index >= 15 is 0 Å². The highest BCUT2D eigenvalue weighted by Crippen LogP contribution is 2.21. The SMILES string of the molecule is CNCC1CCN(C(=O)/C=C/c2c(C)nn(C)c2Cl)CC1. The maximum atomic E-state index is 12.2. The van der Waals surface area contributed by atoms with Crippen molar-refractivity contribution >= 4 is 23.6 Å². The van der Waals surface area contributed by atoms with Crippen LogP contribution in [0.4, 0.5) is 0 Å². The first kappa shape index (κ1) is 16.0. The van der Waals surface area contributed by atoms with E-state index in [0.717, 1.165) is 43.7 Å². The number of hydrogen-bond acceptors (Lipinski definition) is 3. The van der Waals surface area contributed by atoms with Crippen molar-refractivity contribution in [2.45, 2.75) is 19.8 Å². The summed E-state index contributed by atoms with van der Waals surface area (Å²) in [4.78, 5) is 14.1. The van der Waals surface area contributed by atoms with Crippen molar-refractivity contribution in [3.8, 4) is 0 Å². The molecule has 2 heterocycles. The molecule has 0 saturated carbocycles. The van der Waals surface area contributed by atoms with Gasteiger partial charge in [-0.05, 0) is 45.4 Å². The highest BCUT2D eigenvalue weighted by molar-refractivity contribution is 6.31. The molecule has 1 aliphatic heterocycles. The summed E-state index contributed by atoms with van der Waals surface area (Å²) in [5, 5.41) is 7.99. The second-order valence-electron chi connectivity index (χ2n) is 5.57. The maximum Gasteiger partial charge on any atom is 0.246 e. The zero-order valence-electron chi connectivity index (χ0n) is 12.9. The summed E-state index contributed by atoms with van der Waals surface area (Å²) in [6.07, 6.45) is 5.50. The highest BCUT2D eigenvalue weighted by atomic mass is 35.5. The van der Waals surface area contributed by atoms with Gasteiger partial charge in [-0.15, -0.1) is 0 Å². The Morgan fingerprint density at radius 3 is 2.67 bits per heavy atom. The van der Waals surface area contributed by atoms with Gasteiger partial charge in [0.2, 0.25) is 5.91 Å². The molecule has 5 nitrogen and oxygen atoms in total. The molecule has 1 aromatic rings. The van der Waals surface area contributed by atoms with Crippen LogP contribution < -0.4 is 5.32 Å². The fourth-order valence-corrected chi connectivity index (χ4v) is 2.98. The Kier molecular flexibility index (Phi) is 5.42. The molecule has 0 radical (unpaired) electrons. The monoisotopic (exact) mass is 310 g/mol. The molecule has 0 aliphatic carbocycles. The van der Waals surface area contributed by atoms with Crippen LogP contribution in [-0.2, 0) is 11.8 Å². The van der Waals surface area contributed by atoms with Gasteiger partial charge in [0.1, 0.15) is 5.15 Å². The van der Waals surface area contributed by atoms with Crippen molar-refractivity contribution in [3.63, 3.8) is 0 Å². The number of piperidine rings is 1. The van der Waals surface area contributed by atoms with Gasteiger partial charge in [0.05, 0.1) is 5.69 Å². The average molecular weight is 311 g/mol. The highest BCUT2D eigenvalue weighted by Gasteiger charge is 2.21. The Morgan fingerprint density at radius 2 is 2.14 bits per heavy atom. The minimum atomic E-state index is 0.0530. The average Bonchev–Trinajstić information content (AvgIpc) is 2.71. The predicted octanol–water partition coefficient (Wildman–Crippen LogP) is 1.85. The van der Waals surface area contributed by atoms with Gasteiger partial charge < -0.3 is 10.2 Å². The van der Waals surface area contributed by atoms with Crippen molar-refractivity contribution < 1.29 is 4.79 Å². The maximum absolute atomic E-state index is 12.2. The lowest BCUT2D eigenvalue weighted by atomic mass is 9.97. The van der Waals surface area contributed by atoms with E-state index in [9.17, 15) is 4.79 Å². The van der Waals surface area contributed by atoms with Crippen molar-refractivity contribution in [2.75, 3.05) is 26.7 Å². The largest absolute Gasteiger partial charge is 0.339 e. The third-order valence-corrected chi connectivity index (χ3v) is 4.46. The van der Waals surface area contributed by atoms with Crippen LogP contribution in [0.1, 0.15) is 24.1 Å². The number of likely N-dealkylation sites (tertiary alicyclic amines) is 1. The molecule has 1 aliphatic rings. The number of rotatable bonds is 4. The summed E-state index contributed by atoms with van der Waals surface area (Å²) in [5.41, 5.74) is 1.65. The van der Waals surface area contributed by atoms with Crippen molar-refractivity contribution in [3.05, 3.63) is 22.5 Å². The lowest BCUT2D eigenvalue weighted by Gasteiger charge is -2.31. The number of hydrogen-bond donors (Lipinski definition) is 1. The van der Waals surface area contributed by atoms with E-state index in [-0.39, 0.29) is 5.91 Å². The third kappa shape index (κ3) is 3.86. The van der Waals surface area contributed by atoms with Gasteiger partial charge in [-0.1, -0.05) is 11.6 Å². The first-order chi connectivity index (χ1) is 10.0. The number of amides is 1. The summed E-state index contributed by atoms with van der Waals surface area (Å²) in [5.74, 6) is 0.732. The Bertz CT molecular complexity index is 530. The molecule has 1 N–H and O–H groups in total. The summed E-state index contributed by atoms with van der Waals surface area (Å²) in [6, 6.07) is 0. The van der Waals surface area contributed by atoms with E-state index < -0.39 is 0 Å². The van der Waals surface area contributed by atoms with Crippen LogP contribution in [0.15, 0.2) is 6.08 Å². The minimum absolute atomic E-state index is 0.0530. The van der Waals surface area contributed by atoms with E-state index in [1.165, 1.54) is 0 Å². The molecule has 1 fully saturated rings. The van der Waals surface area contributed by atoms with Crippen LogP contribution in [0.25, 0.3) is 6.08 Å². The van der Waals surface area contributed by atoms with Gasteiger partial charge in [-0.25, -0.2) is 0 Å². The van der Waals surface area contributed by atoms with Crippen molar-refractivity contribution in [1.29, 1.82) is 0 Å². The van der Waals surface area contributed by atoms with Crippen molar-refractivity contribution in [1.82, 2.24) is 20.0 Å². The smallest absolute Gasteiger partial charge is 0.246 e. The summed E-state index contributed by atoms with van der Waals surface area (Å²) < 4.78 is 1.62. The van der Waals surface area contributed by atoms with Gasteiger partial charge in [-0.3, -0.25) is 9.48 Å². The molecule has 116 valence electrons. The van der Waals surface area contributed by atoms with Crippen LogP contribution in [0, 0.1) is 12.8 Å². The van der Waals surface area contributed by atoms with Crippen LogP contribution in [0.3, 0.4) is 0 Å². The number of carbonyl (C=O) groups excluding carboxylic acids is 1. The zero-order valence-corrected chi connectivity index (χ0v) is 13.7. The van der Waals surface area contributed by atoms with Crippen LogP contribution >= 0.6 is 11.6 Å². The molecule has 1 aromatic heterocycles. The van der Waals surface area contributed by atoms with Gasteiger partial charge in [0.15, 0.2) is 0 Å². The number of nitrogens with one attached hydrogen (secondary N) is 1. The van der Waals surface area contributed by atoms with Gasteiger partial charge in [0.25, 0.3) is 0 Å². The summed E-state index contributed by atoms with van der Waals surface area (Å²) >= 11 is 6.15. The number of halogens is 1. The Balaban J connectivity index is 1.94. The third-order valence-electron chi connectivity index (χ3n) is 4.01. The number of aryl methyl sites for hydroxylation is 2. The molecule has 0 atom stereocenters. The van der Waals surface area contributed by atoms with Crippen molar-refractivity contribution in [2.24, 2.45) is 13.0 Å². The number of nitrogens with zero attached hydrogens (tertiary/aromatic N) is 3. The van der Waals surface area contributed by atoms with Crippen LogP contribution in [-0.4, -0.2) is 47.3 Å². The lowest BCUT2D eigenvalue weighted by molar-refractivity contribution is -0.127. The summed E-state index contributed by atoms with van der Waals surface area (Å²) in [7, 11) is 3.77. The zero-order chi connectivity index (χ0) is 15.4. The number of carbonyl (C=O) groups is 1. The standard InChI is InChI=1S/C15H23ClN4O/c1-11-13(15(16)19(3)18-11)4-5-14(21)20-8-6-12(7-9-20)10-17-2/h4-5,12,17H,6-10H2,1-3H3/b5-4+. The van der Waals surface area contributed by atoms with E-state index in [4.69, 9.17) is 11.6 Å². The molecule has 6 heteroatoms. The molecule has 0 spiro atoms. The fourth-order valence-electron chi connectivity index (χ4n) is 2.74. The van der Waals surface area contributed by atoms with Gasteiger partial charge >= 0.3 is 0 Å². The van der Waals surface area contributed by atoms with E-state index in [0.29, 0.717) is 11.1 Å². The molecular weight excluding hydrogens is 288 g/mol. The molecule has 1 saturated heterocycles. The predicted molar refractivity (Wildman–Crippen MR) is 85.2 cm³/mol. The second-order valence-corrected chi connectivity index (χ2v) is 5.93. The molecule has 0 bridgehead atoms. The number of aromatic nitrogens is 2. The topological polar surface area (TPSA) is 50.2 Å². The molecule has 2 rings (SSSR count). The first-order valence-corrected chi connectivity index (χ1v) is 7.71. The molecule has 0 aromatic carbocycles. The van der Waals surface area contributed by atoms with E-state index in [2.05, 4.69) is 10.4 Å².